The number of carboxylic acids is 2. The molecule has 0 spiro atoms. The summed E-state index contributed by atoms with van der Waals surface area (Å²) in [5.74, 6) is -2.93. The second-order valence-electron chi connectivity index (χ2n) is 7.16. The lowest BCUT2D eigenvalue weighted by Gasteiger charge is -2.34. The number of aromatic carboxylic acids is 2. The Morgan fingerprint density at radius 2 is 1.43 bits per heavy atom. The van der Waals surface area contributed by atoms with Crippen molar-refractivity contribution in [3.05, 3.63) is 70.8 Å². The van der Waals surface area contributed by atoms with Gasteiger partial charge in [0.05, 0.1) is 11.1 Å². The van der Waals surface area contributed by atoms with E-state index in [1.54, 1.807) is 0 Å². The zero-order valence-electron chi connectivity index (χ0n) is 15.4. The Kier molecular flexibility index (Phi) is 5.40. The Morgan fingerprint density at radius 1 is 0.929 bits per heavy atom. The largest absolute Gasteiger partial charge is 0.508 e. The Balaban J connectivity index is 2.24. The van der Waals surface area contributed by atoms with Crippen molar-refractivity contribution in [3.63, 3.8) is 0 Å². The van der Waals surface area contributed by atoms with Crippen LogP contribution >= 0.6 is 0 Å². The fourth-order valence-corrected chi connectivity index (χ4v) is 3.98. The summed E-state index contributed by atoms with van der Waals surface area (Å²) in [7, 11) is 0. The van der Waals surface area contributed by atoms with Crippen LogP contribution in [0, 0.1) is 11.8 Å². The number of carboxylic acid groups (broad SMARTS) is 2. The molecule has 4 N–H and O–H groups in total. The summed E-state index contributed by atoms with van der Waals surface area (Å²) < 4.78 is 0. The molecule has 3 rings (SSSR count). The molecule has 0 saturated heterocycles. The minimum absolute atomic E-state index is 0.0192. The second-order valence-corrected chi connectivity index (χ2v) is 7.16. The molecule has 0 aliphatic heterocycles. The highest BCUT2D eigenvalue weighted by Gasteiger charge is 2.33. The van der Waals surface area contributed by atoms with Crippen LogP contribution in [0.25, 0.3) is 0 Å². The number of hydrogen-bond donors (Lipinski definition) is 4. The molecular weight excluding hydrogens is 360 g/mol. The van der Waals surface area contributed by atoms with Crippen LogP contribution < -0.4 is 0 Å². The van der Waals surface area contributed by atoms with Crippen LogP contribution in [0.5, 0.6) is 11.5 Å². The SMILES string of the molecule is CC1C=CCCC1C(c1cc(C(=O)O)ccc1O)c1cc(C(=O)O)ccc1O. The van der Waals surface area contributed by atoms with Crippen molar-refractivity contribution in [1.29, 1.82) is 0 Å². The first-order valence-electron chi connectivity index (χ1n) is 9.08. The molecule has 0 bridgehead atoms. The molecule has 1 aliphatic carbocycles. The Hall–Kier alpha value is -3.28. The van der Waals surface area contributed by atoms with Crippen LogP contribution in [-0.2, 0) is 0 Å². The van der Waals surface area contributed by atoms with E-state index in [1.807, 2.05) is 6.92 Å². The zero-order chi connectivity index (χ0) is 20.4. The molecule has 2 unspecified atom stereocenters. The Morgan fingerprint density at radius 3 is 1.86 bits per heavy atom. The van der Waals surface area contributed by atoms with Gasteiger partial charge < -0.3 is 20.4 Å². The molecular formula is C22H22O6. The van der Waals surface area contributed by atoms with E-state index in [1.165, 1.54) is 36.4 Å². The van der Waals surface area contributed by atoms with E-state index in [0.29, 0.717) is 11.1 Å². The first-order chi connectivity index (χ1) is 13.3. The molecule has 28 heavy (non-hydrogen) atoms. The van der Waals surface area contributed by atoms with Crippen molar-refractivity contribution >= 4 is 11.9 Å². The average molecular weight is 382 g/mol. The summed E-state index contributed by atoms with van der Waals surface area (Å²) in [4.78, 5) is 22.9. The van der Waals surface area contributed by atoms with E-state index >= 15 is 0 Å². The standard InChI is InChI=1S/C22H22O6/c1-12-4-2-3-5-15(12)20(16-10-13(21(25)26)6-8-18(16)23)17-11-14(22(27)28)7-9-19(17)24/h2,4,6-12,15,20,23-24H,3,5H2,1H3,(H,25,26)(H,27,28). The quantitative estimate of drug-likeness (QED) is 0.575. The average Bonchev–Trinajstić information content (AvgIpc) is 2.65. The van der Waals surface area contributed by atoms with Gasteiger partial charge in [0.1, 0.15) is 11.5 Å². The van der Waals surface area contributed by atoms with Gasteiger partial charge in [-0.05, 0) is 61.1 Å². The van der Waals surface area contributed by atoms with E-state index in [4.69, 9.17) is 0 Å². The molecule has 0 aromatic heterocycles. The number of aromatic hydroxyl groups is 2. The molecule has 1 aliphatic rings. The summed E-state index contributed by atoms with van der Waals surface area (Å²) in [6.45, 7) is 2.02. The van der Waals surface area contributed by atoms with Gasteiger partial charge in [-0.25, -0.2) is 9.59 Å². The number of carbonyl (C=O) groups is 2. The summed E-state index contributed by atoms with van der Waals surface area (Å²) in [5, 5.41) is 39.8. The number of allylic oxidation sites excluding steroid dienone is 2. The summed E-state index contributed by atoms with van der Waals surface area (Å²) in [6.07, 6.45) is 5.69. The fourth-order valence-electron chi connectivity index (χ4n) is 3.98. The van der Waals surface area contributed by atoms with Gasteiger partial charge in [0.25, 0.3) is 0 Å². The fraction of sp³-hybridized carbons (Fsp3) is 0.273. The maximum atomic E-state index is 11.5. The van der Waals surface area contributed by atoms with E-state index in [-0.39, 0.29) is 34.5 Å². The highest BCUT2D eigenvalue weighted by molar-refractivity contribution is 5.89. The maximum Gasteiger partial charge on any atom is 0.335 e. The molecule has 2 atom stereocenters. The van der Waals surface area contributed by atoms with E-state index in [9.17, 15) is 30.0 Å². The van der Waals surface area contributed by atoms with Gasteiger partial charge in [0, 0.05) is 17.0 Å². The molecule has 0 saturated carbocycles. The van der Waals surface area contributed by atoms with Crippen LogP contribution in [0.4, 0.5) is 0 Å². The number of hydrogen-bond acceptors (Lipinski definition) is 4. The predicted molar refractivity (Wildman–Crippen MR) is 103 cm³/mol. The first kappa shape index (κ1) is 19.5. The van der Waals surface area contributed by atoms with Crippen molar-refractivity contribution in [2.24, 2.45) is 11.8 Å². The van der Waals surface area contributed by atoms with Crippen molar-refractivity contribution in [2.45, 2.75) is 25.7 Å². The molecule has 6 nitrogen and oxygen atoms in total. The molecule has 146 valence electrons. The Labute approximate surface area is 162 Å². The third-order valence-corrected chi connectivity index (χ3v) is 5.43. The molecule has 0 heterocycles. The minimum Gasteiger partial charge on any atom is -0.508 e. The first-order valence-corrected chi connectivity index (χ1v) is 9.08. The third-order valence-electron chi connectivity index (χ3n) is 5.43. The monoisotopic (exact) mass is 382 g/mol. The van der Waals surface area contributed by atoms with Crippen molar-refractivity contribution in [2.75, 3.05) is 0 Å². The van der Waals surface area contributed by atoms with Gasteiger partial charge in [-0.2, -0.15) is 0 Å². The number of rotatable bonds is 5. The minimum atomic E-state index is -1.12. The van der Waals surface area contributed by atoms with Crippen molar-refractivity contribution < 1.29 is 30.0 Å². The topological polar surface area (TPSA) is 115 Å². The molecule has 0 amide bonds. The second kappa shape index (κ2) is 7.76. The van der Waals surface area contributed by atoms with Gasteiger partial charge in [0.2, 0.25) is 0 Å². The lowest BCUT2D eigenvalue weighted by Crippen LogP contribution is -2.23. The van der Waals surface area contributed by atoms with Crippen LogP contribution in [0.2, 0.25) is 0 Å². The highest BCUT2D eigenvalue weighted by atomic mass is 16.4. The van der Waals surface area contributed by atoms with E-state index in [2.05, 4.69) is 12.2 Å². The van der Waals surface area contributed by atoms with E-state index in [0.717, 1.165) is 12.8 Å². The summed E-state index contributed by atoms with van der Waals surface area (Å²) in [5.41, 5.74) is 0.770. The van der Waals surface area contributed by atoms with Gasteiger partial charge in [0.15, 0.2) is 0 Å². The maximum absolute atomic E-state index is 11.5. The number of phenols is 2. The van der Waals surface area contributed by atoms with Crippen LogP contribution in [0.15, 0.2) is 48.6 Å². The predicted octanol–water partition coefficient (Wildman–Crippen LogP) is 4.23. The number of benzene rings is 2. The van der Waals surface area contributed by atoms with E-state index < -0.39 is 17.9 Å². The normalized spacial score (nSPS) is 18.9. The summed E-state index contributed by atoms with van der Waals surface area (Å²) >= 11 is 0. The number of phenolic OH excluding ortho intramolecular Hbond substituents is 2. The lowest BCUT2D eigenvalue weighted by atomic mass is 9.70. The Bertz CT molecular complexity index is 883. The molecule has 2 aromatic rings. The van der Waals surface area contributed by atoms with Gasteiger partial charge in [-0.3, -0.25) is 0 Å². The van der Waals surface area contributed by atoms with Crippen LogP contribution in [-0.4, -0.2) is 32.4 Å². The lowest BCUT2D eigenvalue weighted by molar-refractivity contribution is 0.0686. The van der Waals surface area contributed by atoms with Crippen molar-refractivity contribution in [3.8, 4) is 11.5 Å². The smallest absolute Gasteiger partial charge is 0.335 e. The van der Waals surface area contributed by atoms with Gasteiger partial charge in [-0.15, -0.1) is 0 Å². The zero-order valence-corrected chi connectivity index (χ0v) is 15.4. The van der Waals surface area contributed by atoms with Crippen molar-refractivity contribution in [1.82, 2.24) is 0 Å². The molecule has 0 radical (unpaired) electrons. The van der Waals surface area contributed by atoms with Gasteiger partial charge >= 0.3 is 11.9 Å². The molecule has 0 fully saturated rings. The molecule has 2 aromatic carbocycles. The van der Waals surface area contributed by atoms with Crippen LogP contribution in [0.1, 0.15) is 57.5 Å². The molecule has 6 heteroatoms. The summed E-state index contributed by atoms with van der Waals surface area (Å²) in [6, 6.07) is 8.09. The van der Waals surface area contributed by atoms with Gasteiger partial charge in [-0.1, -0.05) is 19.1 Å². The third kappa shape index (κ3) is 3.71. The van der Waals surface area contributed by atoms with Crippen LogP contribution in [0.3, 0.4) is 0 Å². The highest BCUT2D eigenvalue weighted by Crippen LogP contribution is 2.47.